The highest BCUT2D eigenvalue weighted by atomic mass is 35.5. The number of rotatable bonds is 3. The van der Waals surface area contributed by atoms with Crippen molar-refractivity contribution in [1.82, 2.24) is 4.90 Å². The molecule has 1 fully saturated rings. The zero-order chi connectivity index (χ0) is 18.3. The molecule has 8 heteroatoms. The number of fused-ring (bicyclic) bond motifs is 1. The van der Waals surface area contributed by atoms with E-state index in [2.05, 4.69) is 5.32 Å². The fourth-order valence-corrected chi connectivity index (χ4v) is 3.42. The smallest absolute Gasteiger partial charge is 0.254 e. The summed E-state index contributed by atoms with van der Waals surface area (Å²) >= 11 is 11.9. The van der Waals surface area contributed by atoms with Crippen molar-refractivity contribution in [3.05, 3.63) is 52.0 Å². The molecule has 0 atom stereocenters. The predicted octanol–water partition coefficient (Wildman–Crippen LogP) is 3.43. The molecule has 26 heavy (non-hydrogen) atoms. The van der Waals surface area contributed by atoms with Gasteiger partial charge in [-0.2, -0.15) is 0 Å². The number of anilines is 1. The third-order valence-electron chi connectivity index (χ3n) is 4.29. The van der Waals surface area contributed by atoms with Crippen LogP contribution in [-0.4, -0.2) is 36.6 Å². The van der Waals surface area contributed by atoms with E-state index < -0.39 is 0 Å². The van der Waals surface area contributed by atoms with Gasteiger partial charge >= 0.3 is 0 Å². The van der Waals surface area contributed by atoms with Crippen molar-refractivity contribution in [3.8, 4) is 11.5 Å². The molecule has 2 aromatic rings. The maximum Gasteiger partial charge on any atom is 0.254 e. The van der Waals surface area contributed by atoms with E-state index in [9.17, 15) is 9.59 Å². The first kappa shape index (κ1) is 17.0. The van der Waals surface area contributed by atoms with Gasteiger partial charge in [-0.25, -0.2) is 0 Å². The second-order valence-corrected chi connectivity index (χ2v) is 7.00. The Morgan fingerprint density at radius 2 is 1.69 bits per heavy atom. The number of hydrogen-bond acceptors (Lipinski definition) is 4. The van der Waals surface area contributed by atoms with Gasteiger partial charge in [0.25, 0.3) is 5.91 Å². The van der Waals surface area contributed by atoms with E-state index in [1.807, 2.05) is 0 Å². The lowest BCUT2D eigenvalue weighted by atomic mass is 9.97. The van der Waals surface area contributed by atoms with E-state index in [0.29, 0.717) is 45.9 Å². The number of nitrogens with zero attached hydrogens (tertiary/aromatic N) is 1. The van der Waals surface area contributed by atoms with Crippen molar-refractivity contribution in [1.29, 1.82) is 0 Å². The summed E-state index contributed by atoms with van der Waals surface area (Å²) in [5.74, 6) is 0.605. The molecule has 1 saturated heterocycles. The topological polar surface area (TPSA) is 67.9 Å². The number of nitrogens with one attached hydrogen (secondary N) is 1. The van der Waals surface area contributed by atoms with Crippen LogP contribution in [0.3, 0.4) is 0 Å². The monoisotopic (exact) mass is 392 g/mol. The van der Waals surface area contributed by atoms with Crippen molar-refractivity contribution in [2.75, 3.05) is 25.2 Å². The number of benzene rings is 2. The van der Waals surface area contributed by atoms with Crippen LogP contribution in [0.25, 0.3) is 0 Å². The van der Waals surface area contributed by atoms with Gasteiger partial charge in [-0.05, 0) is 36.4 Å². The average Bonchev–Trinajstić information content (AvgIpc) is 2.99. The highest BCUT2D eigenvalue weighted by Crippen LogP contribution is 2.33. The molecule has 134 valence electrons. The zero-order valence-corrected chi connectivity index (χ0v) is 15.0. The van der Waals surface area contributed by atoms with Gasteiger partial charge in [-0.1, -0.05) is 23.2 Å². The molecule has 0 saturated carbocycles. The molecule has 2 aliphatic rings. The summed E-state index contributed by atoms with van der Waals surface area (Å²) in [6, 6.07) is 9.90. The Kier molecular flexibility index (Phi) is 4.38. The summed E-state index contributed by atoms with van der Waals surface area (Å²) in [5.41, 5.74) is 1.04. The van der Waals surface area contributed by atoms with E-state index in [4.69, 9.17) is 32.7 Å². The van der Waals surface area contributed by atoms with Crippen molar-refractivity contribution in [3.63, 3.8) is 0 Å². The molecule has 2 aromatic carbocycles. The van der Waals surface area contributed by atoms with Crippen molar-refractivity contribution in [2.24, 2.45) is 5.92 Å². The molecule has 4 rings (SSSR count). The molecular weight excluding hydrogens is 379 g/mol. The number of halogens is 2. The van der Waals surface area contributed by atoms with Gasteiger partial charge in [0.2, 0.25) is 12.7 Å². The van der Waals surface area contributed by atoms with E-state index in [0.717, 1.165) is 0 Å². The summed E-state index contributed by atoms with van der Waals surface area (Å²) < 4.78 is 10.5. The SMILES string of the molecule is O=C(Nc1cc(Cl)cc(Cl)c1)C1CN(C(=O)c2ccc3c(c2)OCO3)C1. The summed E-state index contributed by atoms with van der Waals surface area (Å²) in [6.07, 6.45) is 0. The van der Waals surface area contributed by atoms with Gasteiger partial charge in [0.05, 0.1) is 5.92 Å². The maximum absolute atomic E-state index is 12.5. The van der Waals surface area contributed by atoms with Crippen LogP contribution in [0.5, 0.6) is 11.5 Å². The molecule has 0 aliphatic carbocycles. The molecule has 2 amide bonds. The molecule has 2 heterocycles. The molecule has 6 nitrogen and oxygen atoms in total. The van der Waals surface area contributed by atoms with Crippen LogP contribution < -0.4 is 14.8 Å². The number of ether oxygens (including phenoxy) is 2. The Hall–Kier alpha value is -2.44. The Balaban J connectivity index is 1.36. The van der Waals surface area contributed by atoms with E-state index in [1.54, 1.807) is 41.3 Å². The highest BCUT2D eigenvalue weighted by molar-refractivity contribution is 6.35. The molecule has 0 bridgehead atoms. The molecule has 0 unspecified atom stereocenters. The molecule has 2 aliphatic heterocycles. The van der Waals surface area contributed by atoms with Gasteiger partial charge in [-0.3, -0.25) is 9.59 Å². The Morgan fingerprint density at radius 1 is 1.00 bits per heavy atom. The standard InChI is InChI=1S/C18H14Cl2N2O4/c19-12-4-13(20)6-14(5-12)21-17(23)11-7-22(8-11)18(24)10-1-2-15-16(3-10)26-9-25-15/h1-6,11H,7-9H2,(H,21,23). The molecule has 0 spiro atoms. The second-order valence-electron chi connectivity index (χ2n) is 6.12. The minimum atomic E-state index is -0.272. The average molecular weight is 393 g/mol. The summed E-state index contributed by atoms with van der Waals surface area (Å²) in [5, 5.41) is 3.67. The van der Waals surface area contributed by atoms with Gasteiger partial charge in [0.15, 0.2) is 11.5 Å². The molecule has 0 aromatic heterocycles. The number of amides is 2. The number of hydrogen-bond donors (Lipinski definition) is 1. The molecule has 0 radical (unpaired) electrons. The van der Waals surface area contributed by atoms with Crippen LogP contribution in [0, 0.1) is 5.92 Å². The van der Waals surface area contributed by atoms with Crippen LogP contribution in [0.1, 0.15) is 10.4 Å². The van der Waals surface area contributed by atoms with Gasteiger partial charge < -0.3 is 19.7 Å². The predicted molar refractivity (Wildman–Crippen MR) is 97.1 cm³/mol. The van der Waals surface area contributed by atoms with Crippen LogP contribution >= 0.6 is 23.2 Å². The lowest BCUT2D eigenvalue weighted by Crippen LogP contribution is -2.54. The lowest BCUT2D eigenvalue weighted by Gasteiger charge is -2.38. The normalized spacial score (nSPS) is 15.5. The van der Waals surface area contributed by atoms with Crippen molar-refractivity contribution >= 4 is 40.7 Å². The Bertz CT molecular complexity index is 877. The first-order chi connectivity index (χ1) is 12.5. The lowest BCUT2D eigenvalue weighted by molar-refractivity contribution is -0.123. The molecular formula is C18H14Cl2N2O4. The fourth-order valence-electron chi connectivity index (χ4n) is 2.89. The molecule has 1 N–H and O–H groups in total. The summed E-state index contributed by atoms with van der Waals surface area (Å²) in [7, 11) is 0. The number of carbonyl (C=O) groups excluding carboxylic acids is 2. The quantitative estimate of drug-likeness (QED) is 0.868. The summed E-state index contributed by atoms with van der Waals surface area (Å²) in [6.45, 7) is 0.868. The summed E-state index contributed by atoms with van der Waals surface area (Å²) in [4.78, 5) is 26.4. The van der Waals surface area contributed by atoms with E-state index in [1.165, 1.54) is 0 Å². The number of likely N-dealkylation sites (tertiary alicyclic amines) is 1. The third-order valence-corrected chi connectivity index (χ3v) is 4.73. The first-order valence-electron chi connectivity index (χ1n) is 7.95. The Morgan fingerprint density at radius 3 is 2.42 bits per heavy atom. The minimum absolute atomic E-state index is 0.141. The van der Waals surface area contributed by atoms with Gasteiger partial charge in [-0.15, -0.1) is 0 Å². The fraction of sp³-hybridized carbons (Fsp3) is 0.222. The minimum Gasteiger partial charge on any atom is -0.454 e. The van der Waals surface area contributed by atoms with Gasteiger partial charge in [0, 0.05) is 34.4 Å². The van der Waals surface area contributed by atoms with Crippen LogP contribution in [-0.2, 0) is 4.79 Å². The highest BCUT2D eigenvalue weighted by Gasteiger charge is 2.36. The zero-order valence-electron chi connectivity index (χ0n) is 13.5. The largest absolute Gasteiger partial charge is 0.454 e. The van der Waals surface area contributed by atoms with Crippen molar-refractivity contribution in [2.45, 2.75) is 0 Å². The third kappa shape index (κ3) is 3.30. The van der Waals surface area contributed by atoms with E-state index >= 15 is 0 Å². The maximum atomic E-state index is 12.5. The second kappa shape index (κ2) is 6.70. The van der Waals surface area contributed by atoms with Crippen molar-refractivity contribution < 1.29 is 19.1 Å². The van der Waals surface area contributed by atoms with Crippen LogP contribution in [0.2, 0.25) is 10.0 Å². The van der Waals surface area contributed by atoms with Crippen LogP contribution in [0.15, 0.2) is 36.4 Å². The van der Waals surface area contributed by atoms with Crippen LogP contribution in [0.4, 0.5) is 5.69 Å². The van der Waals surface area contributed by atoms with E-state index in [-0.39, 0.29) is 24.5 Å². The number of carbonyl (C=O) groups is 2. The van der Waals surface area contributed by atoms with Gasteiger partial charge in [0.1, 0.15) is 0 Å². The Labute approximate surface area is 159 Å². The first-order valence-corrected chi connectivity index (χ1v) is 8.71.